The lowest BCUT2D eigenvalue weighted by atomic mass is 10.0. The first-order valence-electron chi connectivity index (χ1n) is 19.3. The lowest BCUT2D eigenvalue weighted by Gasteiger charge is -2.26. The predicted molar refractivity (Wildman–Crippen MR) is 235 cm³/mol. The maximum Gasteiger partial charge on any atom is 0.184 e. The first kappa shape index (κ1) is 38.3. The number of para-hydroxylation sites is 1. The lowest BCUT2D eigenvalue weighted by molar-refractivity contribution is -0.0443. The zero-order chi connectivity index (χ0) is 38.7. The number of halogens is 1. The van der Waals surface area contributed by atoms with E-state index in [1.54, 1.807) is 0 Å². The molecule has 0 bridgehead atoms. The molecule has 0 atom stereocenters. The second-order valence-electron chi connectivity index (χ2n) is 13.8. The van der Waals surface area contributed by atoms with Crippen LogP contribution in [0.5, 0.6) is 0 Å². The molecular weight excluding hydrogens is 770 g/mol. The summed E-state index contributed by atoms with van der Waals surface area (Å²) < 4.78 is 23.0. The van der Waals surface area contributed by atoms with Crippen molar-refractivity contribution in [2.45, 2.75) is 19.0 Å². The minimum Gasteiger partial charge on any atom is -0.346 e. The predicted octanol–water partition coefficient (Wildman–Crippen LogP) is 13.3. The van der Waals surface area contributed by atoms with Crippen molar-refractivity contribution in [1.29, 1.82) is 0 Å². The average Bonchev–Trinajstić information content (AvgIpc) is 4.02. The summed E-state index contributed by atoms with van der Waals surface area (Å²) in [5, 5.41) is 5.10. The number of benzene rings is 8. The van der Waals surface area contributed by atoms with Crippen molar-refractivity contribution in [3.8, 4) is 0 Å². The lowest BCUT2D eigenvalue weighted by Crippen LogP contribution is -2.10. The molecular formula is C51H44BrNO4. The molecule has 2 aliphatic heterocycles. The van der Waals surface area contributed by atoms with Crippen molar-refractivity contribution in [3.05, 3.63) is 221 Å². The third-order valence-corrected chi connectivity index (χ3v) is 10.4. The van der Waals surface area contributed by atoms with E-state index in [0.717, 1.165) is 39.1 Å². The molecule has 8 aromatic carbocycles. The fraction of sp³-hybridized carbons (Fsp3) is 0.137. The average molecular weight is 815 g/mol. The van der Waals surface area contributed by atoms with Crippen LogP contribution in [0.15, 0.2) is 199 Å². The number of anilines is 3. The van der Waals surface area contributed by atoms with Gasteiger partial charge < -0.3 is 23.8 Å². The molecule has 0 saturated carbocycles. The van der Waals surface area contributed by atoms with Crippen molar-refractivity contribution in [1.82, 2.24) is 0 Å². The number of hydrogen-bond acceptors (Lipinski definition) is 5. The highest BCUT2D eigenvalue weighted by Crippen LogP contribution is 2.37. The molecule has 284 valence electrons. The van der Waals surface area contributed by atoms with Gasteiger partial charge in [0.2, 0.25) is 0 Å². The summed E-state index contributed by atoms with van der Waals surface area (Å²) in [6, 6.07) is 67.7. The first-order valence-corrected chi connectivity index (χ1v) is 20.1. The number of rotatable bonds is 7. The molecule has 57 heavy (non-hydrogen) atoms. The van der Waals surface area contributed by atoms with E-state index >= 15 is 0 Å². The standard InChI is InChI=1S/C25H21NO2.C17H14.C9H9BrO2/c1-2-8-22(9-3-1)26(24-15-10-19-6-4-5-7-21(19)18-24)23-13-11-20(12-14-23)25-27-16-17-28-25;1-2-6-14(7-3-1)12-15-10-11-16-8-4-5-9-17(16)13-15;10-8-3-1-7(2-4-8)9-11-5-6-12-9/h1-15,18,25H,16-17H2;1-11,13H,12H2;1-4,9H,5-6H2. The zero-order valence-corrected chi connectivity index (χ0v) is 33.2. The van der Waals surface area contributed by atoms with E-state index in [1.807, 2.05) is 30.3 Å². The van der Waals surface area contributed by atoms with Crippen LogP contribution in [-0.2, 0) is 25.4 Å². The number of ether oxygens (including phenoxy) is 4. The van der Waals surface area contributed by atoms with Crippen molar-refractivity contribution < 1.29 is 18.9 Å². The molecule has 2 fully saturated rings. The quantitative estimate of drug-likeness (QED) is 0.160. The molecule has 2 saturated heterocycles. The van der Waals surface area contributed by atoms with Gasteiger partial charge in [-0.1, -0.05) is 162 Å². The van der Waals surface area contributed by atoms with E-state index in [1.165, 1.54) is 32.7 Å². The minimum absolute atomic E-state index is 0.155. The Hall–Kier alpha value is -5.60. The third-order valence-electron chi connectivity index (χ3n) is 9.88. The second-order valence-corrected chi connectivity index (χ2v) is 14.8. The van der Waals surface area contributed by atoms with Crippen LogP contribution >= 0.6 is 15.9 Å². The van der Waals surface area contributed by atoms with Crippen LogP contribution in [0.2, 0.25) is 0 Å². The van der Waals surface area contributed by atoms with Gasteiger partial charge in [-0.25, -0.2) is 0 Å². The summed E-state index contributed by atoms with van der Waals surface area (Å²) in [6.07, 6.45) is 0.601. The van der Waals surface area contributed by atoms with Gasteiger partial charge in [0.05, 0.1) is 26.4 Å². The van der Waals surface area contributed by atoms with Crippen LogP contribution in [0, 0.1) is 0 Å². The number of hydrogen-bond donors (Lipinski definition) is 0. The molecule has 0 unspecified atom stereocenters. The Balaban J connectivity index is 0.000000133. The van der Waals surface area contributed by atoms with E-state index in [2.05, 4.69) is 185 Å². The normalized spacial score (nSPS) is 14.1. The van der Waals surface area contributed by atoms with Crippen LogP contribution in [0.25, 0.3) is 21.5 Å². The monoisotopic (exact) mass is 813 g/mol. The van der Waals surface area contributed by atoms with Gasteiger partial charge >= 0.3 is 0 Å². The Kier molecular flexibility index (Phi) is 12.8. The Morgan fingerprint density at radius 2 is 0.825 bits per heavy atom. The minimum atomic E-state index is -0.250. The Morgan fingerprint density at radius 3 is 1.40 bits per heavy atom. The summed E-state index contributed by atoms with van der Waals surface area (Å²) in [6.45, 7) is 2.70. The molecule has 5 nitrogen and oxygen atoms in total. The number of nitrogens with zero attached hydrogens (tertiary/aromatic N) is 1. The van der Waals surface area contributed by atoms with Crippen LogP contribution in [0.1, 0.15) is 34.8 Å². The van der Waals surface area contributed by atoms with Crippen molar-refractivity contribution in [3.63, 3.8) is 0 Å². The Labute approximate surface area is 343 Å². The van der Waals surface area contributed by atoms with E-state index in [4.69, 9.17) is 18.9 Å². The van der Waals surface area contributed by atoms with Crippen molar-refractivity contribution in [2.75, 3.05) is 31.3 Å². The summed E-state index contributed by atoms with van der Waals surface area (Å²) in [5.41, 5.74) is 8.22. The fourth-order valence-corrected chi connectivity index (χ4v) is 7.29. The van der Waals surface area contributed by atoms with Gasteiger partial charge in [0.25, 0.3) is 0 Å². The summed E-state index contributed by atoms with van der Waals surface area (Å²) in [5.74, 6) is 0. The molecule has 2 aliphatic rings. The molecule has 0 spiro atoms. The SMILES string of the molecule is Brc1ccc(C2OCCO2)cc1.c1ccc(Cc2ccc3ccccc3c2)cc1.c1ccc(N(c2ccc(C3OCCO3)cc2)c2ccc3ccccc3c2)cc1. The molecule has 0 aliphatic carbocycles. The smallest absolute Gasteiger partial charge is 0.184 e. The maximum absolute atomic E-state index is 5.62. The van der Waals surface area contributed by atoms with E-state index in [-0.39, 0.29) is 12.6 Å². The molecule has 6 heteroatoms. The second kappa shape index (κ2) is 19.0. The van der Waals surface area contributed by atoms with Crippen LogP contribution in [0.4, 0.5) is 17.1 Å². The zero-order valence-electron chi connectivity index (χ0n) is 31.6. The molecule has 10 rings (SSSR count). The van der Waals surface area contributed by atoms with Crippen molar-refractivity contribution >= 4 is 54.5 Å². The Morgan fingerprint density at radius 1 is 0.386 bits per heavy atom. The van der Waals surface area contributed by atoms with Gasteiger partial charge in [0.15, 0.2) is 12.6 Å². The highest BCUT2D eigenvalue weighted by atomic mass is 79.9. The summed E-state index contributed by atoms with van der Waals surface area (Å²) in [7, 11) is 0. The third kappa shape index (κ3) is 10.0. The highest BCUT2D eigenvalue weighted by Gasteiger charge is 2.20. The number of fused-ring (bicyclic) bond motifs is 2. The van der Waals surface area contributed by atoms with E-state index in [0.29, 0.717) is 26.4 Å². The van der Waals surface area contributed by atoms with Gasteiger partial charge in [-0.2, -0.15) is 0 Å². The van der Waals surface area contributed by atoms with E-state index < -0.39 is 0 Å². The topological polar surface area (TPSA) is 40.2 Å². The first-order chi connectivity index (χ1) is 28.2. The molecule has 0 radical (unpaired) electrons. The van der Waals surface area contributed by atoms with Crippen LogP contribution in [0.3, 0.4) is 0 Å². The van der Waals surface area contributed by atoms with E-state index in [9.17, 15) is 0 Å². The largest absolute Gasteiger partial charge is 0.346 e. The van der Waals surface area contributed by atoms with Gasteiger partial charge in [-0.15, -0.1) is 0 Å². The van der Waals surface area contributed by atoms with Gasteiger partial charge in [0.1, 0.15) is 0 Å². The highest BCUT2D eigenvalue weighted by molar-refractivity contribution is 9.10. The molecule has 0 N–H and O–H groups in total. The van der Waals surface area contributed by atoms with Crippen LogP contribution < -0.4 is 4.90 Å². The summed E-state index contributed by atoms with van der Waals surface area (Å²) in [4.78, 5) is 2.27. The van der Waals surface area contributed by atoms with Gasteiger partial charge in [-0.05, 0) is 87.6 Å². The van der Waals surface area contributed by atoms with Gasteiger partial charge in [0, 0.05) is 32.7 Å². The van der Waals surface area contributed by atoms with Crippen molar-refractivity contribution in [2.24, 2.45) is 0 Å². The maximum atomic E-state index is 5.62. The van der Waals surface area contributed by atoms with Crippen LogP contribution in [-0.4, -0.2) is 26.4 Å². The van der Waals surface area contributed by atoms with Gasteiger partial charge in [-0.3, -0.25) is 0 Å². The molecule has 0 amide bonds. The summed E-state index contributed by atoms with van der Waals surface area (Å²) >= 11 is 3.37. The fourth-order valence-electron chi connectivity index (χ4n) is 7.02. The molecule has 0 aromatic heterocycles. The molecule has 2 heterocycles. The molecule has 8 aromatic rings. The Bertz CT molecular complexity index is 2460.